The summed E-state index contributed by atoms with van der Waals surface area (Å²) in [6, 6.07) is 1.30. The highest BCUT2D eigenvalue weighted by Gasteiger charge is 2.30. The molecule has 0 amide bonds. The SMILES string of the molecule is CN(C)CC1CCCN1C(=S)NC1CC1. The first-order valence-corrected chi connectivity index (χ1v) is 6.29. The van der Waals surface area contributed by atoms with Crippen LogP contribution in [0.5, 0.6) is 0 Å². The van der Waals surface area contributed by atoms with E-state index in [4.69, 9.17) is 12.2 Å². The first-order chi connectivity index (χ1) is 7.16. The lowest BCUT2D eigenvalue weighted by Crippen LogP contribution is -2.46. The van der Waals surface area contributed by atoms with Gasteiger partial charge in [-0.3, -0.25) is 0 Å². The molecular formula is C11H21N3S. The molecule has 1 aliphatic heterocycles. The predicted molar refractivity (Wildman–Crippen MR) is 67.0 cm³/mol. The van der Waals surface area contributed by atoms with Crippen LogP contribution in [0.1, 0.15) is 25.7 Å². The number of hydrogen-bond donors (Lipinski definition) is 1. The predicted octanol–water partition coefficient (Wildman–Crippen LogP) is 1.05. The summed E-state index contributed by atoms with van der Waals surface area (Å²) in [4.78, 5) is 4.64. The summed E-state index contributed by atoms with van der Waals surface area (Å²) in [6.45, 7) is 2.25. The Balaban J connectivity index is 1.85. The van der Waals surface area contributed by atoms with Gasteiger partial charge in [0.25, 0.3) is 0 Å². The Morgan fingerprint density at radius 1 is 1.40 bits per heavy atom. The van der Waals surface area contributed by atoms with Crippen molar-refractivity contribution in [2.24, 2.45) is 0 Å². The summed E-state index contributed by atoms with van der Waals surface area (Å²) in [5.74, 6) is 0. The zero-order chi connectivity index (χ0) is 10.8. The van der Waals surface area contributed by atoms with E-state index < -0.39 is 0 Å². The van der Waals surface area contributed by atoms with Gasteiger partial charge in [0.1, 0.15) is 0 Å². The second-order valence-corrected chi connectivity index (χ2v) is 5.36. The van der Waals surface area contributed by atoms with Gasteiger partial charge >= 0.3 is 0 Å². The van der Waals surface area contributed by atoms with E-state index in [1.54, 1.807) is 0 Å². The average molecular weight is 227 g/mol. The third-order valence-corrected chi connectivity index (χ3v) is 3.47. The van der Waals surface area contributed by atoms with Crippen LogP contribution >= 0.6 is 12.2 Å². The van der Waals surface area contributed by atoms with Crippen molar-refractivity contribution in [3.8, 4) is 0 Å². The molecule has 2 fully saturated rings. The van der Waals surface area contributed by atoms with Crippen LogP contribution in [0.2, 0.25) is 0 Å². The highest BCUT2D eigenvalue weighted by Crippen LogP contribution is 2.22. The highest BCUT2D eigenvalue weighted by atomic mass is 32.1. The van der Waals surface area contributed by atoms with Crippen molar-refractivity contribution in [2.75, 3.05) is 27.2 Å². The van der Waals surface area contributed by atoms with Gasteiger partial charge in [-0.15, -0.1) is 0 Å². The third-order valence-electron chi connectivity index (χ3n) is 3.12. The van der Waals surface area contributed by atoms with E-state index in [1.165, 1.54) is 25.7 Å². The molecule has 0 aromatic carbocycles. The zero-order valence-electron chi connectivity index (χ0n) is 9.70. The number of nitrogens with one attached hydrogen (secondary N) is 1. The standard InChI is InChI=1S/C11H21N3S/c1-13(2)8-10-4-3-7-14(10)11(15)12-9-5-6-9/h9-10H,3-8H2,1-2H3,(H,12,15). The van der Waals surface area contributed by atoms with Gasteiger partial charge < -0.3 is 15.1 Å². The molecule has 0 spiro atoms. The number of likely N-dealkylation sites (N-methyl/N-ethyl adjacent to an activating group) is 1. The van der Waals surface area contributed by atoms with Crippen molar-refractivity contribution in [3.63, 3.8) is 0 Å². The van der Waals surface area contributed by atoms with Gasteiger partial charge in [0.05, 0.1) is 0 Å². The van der Waals surface area contributed by atoms with Crippen molar-refractivity contribution in [2.45, 2.75) is 37.8 Å². The Hall–Kier alpha value is -0.350. The molecule has 2 aliphatic rings. The summed E-state index contributed by atoms with van der Waals surface area (Å²) in [7, 11) is 4.27. The minimum Gasteiger partial charge on any atom is -0.360 e. The fourth-order valence-corrected chi connectivity index (χ4v) is 2.61. The minimum atomic E-state index is 0.624. The maximum atomic E-state index is 5.46. The molecule has 1 unspecified atom stereocenters. The van der Waals surface area contributed by atoms with E-state index in [2.05, 4.69) is 29.2 Å². The zero-order valence-corrected chi connectivity index (χ0v) is 10.5. The Morgan fingerprint density at radius 2 is 2.13 bits per heavy atom. The lowest BCUT2D eigenvalue weighted by Gasteiger charge is -2.29. The molecular weight excluding hydrogens is 206 g/mol. The van der Waals surface area contributed by atoms with Crippen LogP contribution in [0.15, 0.2) is 0 Å². The van der Waals surface area contributed by atoms with Gasteiger partial charge in [-0.05, 0) is 52.0 Å². The van der Waals surface area contributed by atoms with Gasteiger partial charge in [0.15, 0.2) is 5.11 Å². The van der Waals surface area contributed by atoms with Crippen molar-refractivity contribution in [1.82, 2.24) is 15.1 Å². The summed E-state index contributed by atoms with van der Waals surface area (Å²) >= 11 is 5.46. The van der Waals surface area contributed by atoms with Crippen LogP contribution in [0.4, 0.5) is 0 Å². The molecule has 86 valence electrons. The first-order valence-electron chi connectivity index (χ1n) is 5.88. The molecule has 1 atom stereocenters. The molecule has 0 bridgehead atoms. The van der Waals surface area contributed by atoms with E-state index in [-0.39, 0.29) is 0 Å². The largest absolute Gasteiger partial charge is 0.360 e. The number of hydrogen-bond acceptors (Lipinski definition) is 2. The molecule has 15 heavy (non-hydrogen) atoms. The summed E-state index contributed by atoms with van der Waals surface area (Å²) in [5, 5.41) is 4.43. The summed E-state index contributed by atoms with van der Waals surface area (Å²) in [5.41, 5.74) is 0. The molecule has 0 radical (unpaired) electrons. The molecule has 1 saturated heterocycles. The Labute approximate surface area is 97.8 Å². The number of nitrogens with zero attached hydrogens (tertiary/aromatic N) is 2. The molecule has 0 aromatic rings. The van der Waals surface area contributed by atoms with E-state index in [0.717, 1.165) is 18.2 Å². The number of thiocarbonyl (C=S) groups is 1. The van der Waals surface area contributed by atoms with Crippen molar-refractivity contribution >= 4 is 17.3 Å². The van der Waals surface area contributed by atoms with E-state index >= 15 is 0 Å². The smallest absolute Gasteiger partial charge is 0.169 e. The first kappa shape index (κ1) is 11.1. The molecule has 0 aromatic heterocycles. The van der Waals surface area contributed by atoms with Gasteiger partial charge in [-0.1, -0.05) is 0 Å². The summed E-state index contributed by atoms with van der Waals surface area (Å²) < 4.78 is 0. The van der Waals surface area contributed by atoms with E-state index in [1.807, 2.05) is 0 Å². The molecule has 3 nitrogen and oxygen atoms in total. The van der Waals surface area contributed by atoms with Gasteiger partial charge in [-0.2, -0.15) is 0 Å². The summed E-state index contributed by atoms with van der Waals surface area (Å²) in [6.07, 6.45) is 5.16. The Kier molecular flexibility index (Phi) is 3.46. The fraction of sp³-hybridized carbons (Fsp3) is 0.909. The average Bonchev–Trinajstić information content (AvgIpc) is 2.83. The quantitative estimate of drug-likeness (QED) is 0.726. The van der Waals surface area contributed by atoms with Gasteiger partial charge in [0.2, 0.25) is 0 Å². The lowest BCUT2D eigenvalue weighted by atomic mass is 10.2. The Bertz CT molecular complexity index is 238. The molecule has 4 heteroatoms. The van der Waals surface area contributed by atoms with E-state index in [0.29, 0.717) is 12.1 Å². The maximum absolute atomic E-state index is 5.46. The second kappa shape index (κ2) is 4.66. The van der Waals surface area contributed by atoms with Crippen LogP contribution < -0.4 is 5.32 Å². The normalized spacial score (nSPS) is 26.1. The van der Waals surface area contributed by atoms with Gasteiger partial charge in [-0.25, -0.2) is 0 Å². The van der Waals surface area contributed by atoms with Crippen LogP contribution in [0.3, 0.4) is 0 Å². The molecule has 1 heterocycles. The molecule has 1 N–H and O–H groups in total. The molecule has 2 rings (SSSR count). The van der Waals surface area contributed by atoms with E-state index in [9.17, 15) is 0 Å². The van der Waals surface area contributed by atoms with Crippen molar-refractivity contribution in [1.29, 1.82) is 0 Å². The molecule has 1 saturated carbocycles. The molecule has 1 aliphatic carbocycles. The topological polar surface area (TPSA) is 18.5 Å². The highest BCUT2D eigenvalue weighted by molar-refractivity contribution is 7.80. The number of rotatable bonds is 3. The van der Waals surface area contributed by atoms with Crippen LogP contribution in [-0.2, 0) is 0 Å². The maximum Gasteiger partial charge on any atom is 0.169 e. The minimum absolute atomic E-state index is 0.624. The van der Waals surface area contributed by atoms with Crippen molar-refractivity contribution in [3.05, 3.63) is 0 Å². The van der Waals surface area contributed by atoms with Crippen LogP contribution in [0.25, 0.3) is 0 Å². The number of likely N-dealkylation sites (tertiary alicyclic amines) is 1. The van der Waals surface area contributed by atoms with Crippen LogP contribution in [0, 0.1) is 0 Å². The Morgan fingerprint density at radius 3 is 2.73 bits per heavy atom. The lowest BCUT2D eigenvalue weighted by molar-refractivity contribution is 0.283. The van der Waals surface area contributed by atoms with Crippen molar-refractivity contribution < 1.29 is 0 Å². The monoisotopic (exact) mass is 227 g/mol. The third kappa shape index (κ3) is 3.05. The van der Waals surface area contributed by atoms with Gasteiger partial charge in [0, 0.05) is 25.2 Å². The fourth-order valence-electron chi connectivity index (χ4n) is 2.20. The van der Waals surface area contributed by atoms with Crippen LogP contribution in [-0.4, -0.2) is 54.2 Å². The second-order valence-electron chi connectivity index (χ2n) is 4.98.